The first-order valence-corrected chi connectivity index (χ1v) is 6.18. The molecule has 0 aliphatic carbocycles. The van der Waals surface area contributed by atoms with Crippen LogP contribution in [0.15, 0.2) is 24.3 Å². The molecule has 1 saturated heterocycles. The van der Waals surface area contributed by atoms with Crippen molar-refractivity contribution in [3.63, 3.8) is 0 Å². The molecule has 1 atom stereocenters. The molecule has 1 aliphatic heterocycles. The zero-order chi connectivity index (χ0) is 11.6. The summed E-state index contributed by atoms with van der Waals surface area (Å²) in [4.78, 5) is 0. The second-order valence-electron chi connectivity index (χ2n) is 4.59. The summed E-state index contributed by atoms with van der Waals surface area (Å²) in [7, 11) is 0. The maximum atomic E-state index is 10.1. The molecule has 0 saturated carbocycles. The third-order valence-corrected chi connectivity index (χ3v) is 3.93. The van der Waals surface area contributed by atoms with Gasteiger partial charge in [-0.3, -0.25) is 0 Å². The second-order valence-corrected chi connectivity index (χ2v) is 5.03. The Hall–Kier alpha value is -0.570. The number of hydrogen-bond acceptors (Lipinski definition) is 2. The third kappa shape index (κ3) is 2.10. The summed E-state index contributed by atoms with van der Waals surface area (Å²) in [5.41, 5.74) is 1.03. The average molecular weight is 240 g/mol. The molecule has 1 aliphatic rings. The van der Waals surface area contributed by atoms with Crippen LogP contribution < -0.4 is 5.32 Å². The van der Waals surface area contributed by atoms with Crippen LogP contribution in [0.1, 0.15) is 25.3 Å². The lowest BCUT2D eigenvalue weighted by molar-refractivity contribution is 0.0732. The van der Waals surface area contributed by atoms with Gasteiger partial charge in [0.15, 0.2) is 0 Å². The van der Waals surface area contributed by atoms with Crippen molar-refractivity contribution in [1.82, 2.24) is 5.32 Å². The SMILES string of the molecule is CC(O)C1(c2cccc(Cl)c2)CCNCC1. The standard InChI is InChI=1S/C13H18ClNO/c1-10(16)13(5-7-15-8-6-13)11-3-2-4-12(14)9-11/h2-4,9-10,15-16H,5-8H2,1H3. The Morgan fingerprint density at radius 3 is 2.62 bits per heavy atom. The summed E-state index contributed by atoms with van der Waals surface area (Å²) in [5.74, 6) is 0. The van der Waals surface area contributed by atoms with Gasteiger partial charge in [0.2, 0.25) is 0 Å². The molecule has 1 aromatic carbocycles. The first-order chi connectivity index (χ1) is 7.65. The number of benzene rings is 1. The Balaban J connectivity index is 2.38. The Kier molecular flexibility index (Phi) is 3.53. The second kappa shape index (κ2) is 4.74. The van der Waals surface area contributed by atoms with Crippen LogP contribution in [0.5, 0.6) is 0 Å². The minimum atomic E-state index is -0.340. The fourth-order valence-corrected chi connectivity index (χ4v) is 2.81. The van der Waals surface area contributed by atoms with E-state index in [1.807, 2.05) is 25.1 Å². The van der Waals surface area contributed by atoms with Gasteiger partial charge in [0.1, 0.15) is 0 Å². The van der Waals surface area contributed by atoms with Gasteiger partial charge in [0.05, 0.1) is 6.10 Å². The van der Waals surface area contributed by atoms with Gasteiger partial charge < -0.3 is 10.4 Å². The van der Waals surface area contributed by atoms with Crippen molar-refractivity contribution in [3.05, 3.63) is 34.9 Å². The van der Waals surface area contributed by atoms with Crippen molar-refractivity contribution in [2.45, 2.75) is 31.3 Å². The van der Waals surface area contributed by atoms with Crippen LogP contribution in [0, 0.1) is 0 Å². The molecule has 1 heterocycles. The number of nitrogens with one attached hydrogen (secondary N) is 1. The molecule has 1 aromatic rings. The number of aliphatic hydroxyl groups is 1. The first-order valence-electron chi connectivity index (χ1n) is 5.80. The number of hydrogen-bond donors (Lipinski definition) is 2. The van der Waals surface area contributed by atoms with Gasteiger partial charge >= 0.3 is 0 Å². The Labute approximate surface area is 102 Å². The maximum Gasteiger partial charge on any atom is 0.0609 e. The zero-order valence-electron chi connectivity index (χ0n) is 9.54. The molecule has 0 spiro atoms. The largest absolute Gasteiger partial charge is 0.392 e. The van der Waals surface area contributed by atoms with Gasteiger partial charge in [-0.1, -0.05) is 23.7 Å². The van der Waals surface area contributed by atoms with Crippen LogP contribution in [0.3, 0.4) is 0 Å². The summed E-state index contributed by atoms with van der Waals surface area (Å²) in [6.45, 7) is 3.79. The van der Waals surface area contributed by atoms with Gasteiger partial charge in [0.25, 0.3) is 0 Å². The average Bonchev–Trinajstić information content (AvgIpc) is 2.30. The van der Waals surface area contributed by atoms with Gasteiger partial charge in [-0.2, -0.15) is 0 Å². The molecule has 3 heteroatoms. The highest BCUT2D eigenvalue weighted by atomic mass is 35.5. The maximum absolute atomic E-state index is 10.1. The van der Waals surface area contributed by atoms with Crippen LogP contribution >= 0.6 is 11.6 Å². The predicted octanol–water partition coefficient (Wildman–Crippen LogP) is 2.34. The van der Waals surface area contributed by atoms with Gasteiger partial charge in [-0.05, 0) is 50.6 Å². The van der Waals surface area contributed by atoms with E-state index in [-0.39, 0.29) is 11.5 Å². The number of rotatable bonds is 2. The topological polar surface area (TPSA) is 32.3 Å². The third-order valence-electron chi connectivity index (χ3n) is 3.70. The van der Waals surface area contributed by atoms with E-state index in [0.29, 0.717) is 0 Å². The van der Waals surface area contributed by atoms with Crippen molar-refractivity contribution in [2.24, 2.45) is 0 Å². The van der Waals surface area contributed by atoms with Crippen LogP contribution in [-0.4, -0.2) is 24.3 Å². The van der Waals surface area contributed by atoms with Crippen LogP contribution in [-0.2, 0) is 5.41 Å². The highest BCUT2D eigenvalue weighted by Crippen LogP contribution is 2.37. The summed E-state index contributed by atoms with van der Waals surface area (Å²) in [5, 5.41) is 14.2. The zero-order valence-corrected chi connectivity index (χ0v) is 10.3. The van der Waals surface area contributed by atoms with Crippen molar-refractivity contribution in [3.8, 4) is 0 Å². The van der Waals surface area contributed by atoms with Crippen LogP contribution in [0.2, 0.25) is 5.02 Å². The monoisotopic (exact) mass is 239 g/mol. The summed E-state index contributed by atoms with van der Waals surface area (Å²) in [6, 6.07) is 7.90. The van der Waals surface area contributed by atoms with Gasteiger partial charge in [-0.25, -0.2) is 0 Å². The van der Waals surface area contributed by atoms with E-state index in [4.69, 9.17) is 11.6 Å². The van der Waals surface area contributed by atoms with E-state index in [2.05, 4.69) is 11.4 Å². The minimum absolute atomic E-state index is 0.129. The highest BCUT2D eigenvalue weighted by Gasteiger charge is 2.38. The molecule has 1 unspecified atom stereocenters. The van der Waals surface area contributed by atoms with Crippen molar-refractivity contribution in [2.75, 3.05) is 13.1 Å². The van der Waals surface area contributed by atoms with Crippen molar-refractivity contribution < 1.29 is 5.11 Å². The molecule has 16 heavy (non-hydrogen) atoms. The summed E-state index contributed by atoms with van der Waals surface area (Å²) in [6.07, 6.45) is 1.59. The Bertz CT molecular complexity index is 359. The van der Waals surface area contributed by atoms with Gasteiger partial charge in [-0.15, -0.1) is 0 Å². The fraction of sp³-hybridized carbons (Fsp3) is 0.538. The predicted molar refractivity (Wildman–Crippen MR) is 66.9 cm³/mol. The lowest BCUT2D eigenvalue weighted by Gasteiger charge is -2.40. The molecule has 0 bridgehead atoms. The Morgan fingerprint density at radius 1 is 1.38 bits per heavy atom. The lowest BCUT2D eigenvalue weighted by atomic mass is 9.69. The van der Waals surface area contributed by atoms with Gasteiger partial charge in [0, 0.05) is 10.4 Å². The highest BCUT2D eigenvalue weighted by molar-refractivity contribution is 6.30. The molecule has 2 nitrogen and oxygen atoms in total. The fourth-order valence-electron chi connectivity index (χ4n) is 2.62. The van der Waals surface area contributed by atoms with E-state index in [1.54, 1.807) is 0 Å². The summed E-state index contributed by atoms with van der Waals surface area (Å²) < 4.78 is 0. The molecule has 2 rings (SSSR count). The first kappa shape index (κ1) is 11.9. The molecule has 2 N–H and O–H groups in total. The van der Waals surface area contributed by atoms with E-state index in [1.165, 1.54) is 0 Å². The van der Waals surface area contributed by atoms with Crippen molar-refractivity contribution in [1.29, 1.82) is 0 Å². The molecule has 0 aromatic heterocycles. The summed E-state index contributed by atoms with van der Waals surface area (Å²) >= 11 is 6.03. The quantitative estimate of drug-likeness (QED) is 0.831. The van der Waals surface area contributed by atoms with E-state index in [0.717, 1.165) is 36.5 Å². The smallest absolute Gasteiger partial charge is 0.0609 e. The molecule has 0 radical (unpaired) electrons. The van der Waals surface area contributed by atoms with Crippen LogP contribution in [0.25, 0.3) is 0 Å². The van der Waals surface area contributed by atoms with Crippen molar-refractivity contribution >= 4 is 11.6 Å². The Morgan fingerprint density at radius 2 is 2.06 bits per heavy atom. The minimum Gasteiger partial charge on any atom is -0.392 e. The van der Waals surface area contributed by atoms with E-state index >= 15 is 0 Å². The number of halogens is 1. The molecular formula is C13H18ClNO. The molecule has 0 amide bonds. The molecular weight excluding hydrogens is 222 g/mol. The van der Waals surface area contributed by atoms with E-state index in [9.17, 15) is 5.11 Å². The molecule has 88 valence electrons. The normalized spacial score (nSPS) is 21.7. The lowest BCUT2D eigenvalue weighted by Crippen LogP contribution is -2.46. The number of aliphatic hydroxyl groups excluding tert-OH is 1. The number of piperidine rings is 1. The molecule has 1 fully saturated rings. The van der Waals surface area contributed by atoms with Crippen LogP contribution in [0.4, 0.5) is 0 Å². The van der Waals surface area contributed by atoms with E-state index < -0.39 is 0 Å².